The van der Waals surface area contributed by atoms with Gasteiger partial charge in [-0.05, 0) is 29.0 Å². The number of nitrogens with one attached hydrogen (secondary N) is 1. The molecule has 0 amide bonds. The molecule has 1 aromatic carbocycles. The zero-order valence-electron chi connectivity index (χ0n) is 10.8. The molecule has 0 spiro atoms. The van der Waals surface area contributed by atoms with Gasteiger partial charge in [-0.3, -0.25) is 0 Å². The highest BCUT2D eigenvalue weighted by molar-refractivity contribution is 5.76. The lowest BCUT2D eigenvalue weighted by Gasteiger charge is -2.27. The lowest BCUT2D eigenvalue weighted by Crippen LogP contribution is -2.32. The molecule has 1 heteroatoms. The monoisotopic (exact) mass is 247 g/mol. The van der Waals surface area contributed by atoms with Crippen molar-refractivity contribution in [1.29, 1.82) is 0 Å². The fourth-order valence-electron chi connectivity index (χ4n) is 2.52. The standard InChI is InChI=1S/C18H17N/c1-14-13-16(15-7-3-2-4-8-15)11-12-19-18-10-6-5-9-17(14)18/h2-13,17-19H,1H2/b12-11-,16-13+. The molecule has 1 nitrogen and oxygen atoms in total. The van der Waals surface area contributed by atoms with E-state index in [9.17, 15) is 0 Å². The molecule has 2 aliphatic rings. The number of hydrogen-bond donors (Lipinski definition) is 1. The first-order chi connectivity index (χ1) is 9.34. The molecule has 94 valence electrons. The van der Waals surface area contributed by atoms with Crippen LogP contribution in [0.25, 0.3) is 5.57 Å². The minimum absolute atomic E-state index is 0.308. The average Bonchev–Trinajstić information content (AvgIpc) is 2.45. The van der Waals surface area contributed by atoms with Crippen LogP contribution in [-0.2, 0) is 0 Å². The number of rotatable bonds is 1. The molecule has 0 saturated heterocycles. The molecule has 1 aliphatic carbocycles. The van der Waals surface area contributed by atoms with E-state index >= 15 is 0 Å². The van der Waals surface area contributed by atoms with Gasteiger partial charge in [0.15, 0.2) is 0 Å². The van der Waals surface area contributed by atoms with E-state index in [0.29, 0.717) is 12.0 Å². The SMILES string of the molecule is C=C1/C=C(c2ccccc2)\C=C/NC2C=CC=CC12. The summed E-state index contributed by atoms with van der Waals surface area (Å²) in [6.07, 6.45) is 14.9. The van der Waals surface area contributed by atoms with Crippen LogP contribution in [-0.4, -0.2) is 6.04 Å². The van der Waals surface area contributed by atoms with Gasteiger partial charge in [-0.25, -0.2) is 0 Å². The summed E-state index contributed by atoms with van der Waals surface area (Å²) in [5.74, 6) is 0.327. The lowest BCUT2D eigenvalue weighted by molar-refractivity contribution is 0.587. The van der Waals surface area contributed by atoms with E-state index in [1.54, 1.807) is 0 Å². The van der Waals surface area contributed by atoms with E-state index in [0.717, 1.165) is 5.57 Å². The van der Waals surface area contributed by atoms with Gasteiger partial charge in [0.1, 0.15) is 0 Å². The summed E-state index contributed by atoms with van der Waals surface area (Å²) in [7, 11) is 0. The van der Waals surface area contributed by atoms with Gasteiger partial charge in [0, 0.05) is 5.92 Å². The van der Waals surface area contributed by atoms with Crippen molar-refractivity contribution in [2.75, 3.05) is 0 Å². The Morgan fingerprint density at radius 2 is 1.79 bits per heavy atom. The van der Waals surface area contributed by atoms with Crippen LogP contribution in [0, 0.1) is 5.92 Å². The minimum Gasteiger partial charge on any atom is -0.384 e. The van der Waals surface area contributed by atoms with Gasteiger partial charge in [0.2, 0.25) is 0 Å². The fraction of sp³-hybridized carbons (Fsp3) is 0.111. The molecule has 1 heterocycles. The Hall–Kier alpha value is -2.28. The predicted molar refractivity (Wildman–Crippen MR) is 81.4 cm³/mol. The third-order valence-electron chi connectivity index (χ3n) is 3.56. The Morgan fingerprint density at radius 1 is 1.00 bits per heavy atom. The predicted octanol–water partition coefficient (Wildman–Crippen LogP) is 3.85. The molecule has 1 aliphatic heterocycles. The Labute approximate surface area is 114 Å². The van der Waals surface area contributed by atoms with Crippen LogP contribution in [0.5, 0.6) is 0 Å². The minimum atomic E-state index is 0.308. The second-order valence-corrected chi connectivity index (χ2v) is 4.86. The molecule has 0 radical (unpaired) electrons. The molecular weight excluding hydrogens is 230 g/mol. The van der Waals surface area contributed by atoms with Crippen molar-refractivity contribution in [2.24, 2.45) is 5.92 Å². The van der Waals surface area contributed by atoms with Crippen molar-refractivity contribution in [1.82, 2.24) is 5.32 Å². The third-order valence-corrected chi connectivity index (χ3v) is 3.56. The molecule has 1 aromatic rings. The molecular formula is C18H17N. The first-order valence-electron chi connectivity index (χ1n) is 6.58. The number of allylic oxidation sites excluding steroid dienone is 5. The third kappa shape index (κ3) is 2.45. The van der Waals surface area contributed by atoms with Gasteiger partial charge in [0.05, 0.1) is 6.04 Å². The molecule has 2 unspecified atom stereocenters. The molecule has 0 saturated carbocycles. The smallest absolute Gasteiger partial charge is 0.0545 e. The van der Waals surface area contributed by atoms with Crippen molar-refractivity contribution >= 4 is 5.57 Å². The molecule has 0 aromatic heterocycles. The van der Waals surface area contributed by atoms with Gasteiger partial charge in [-0.2, -0.15) is 0 Å². The number of hydrogen-bond acceptors (Lipinski definition) is 1. The van der Waals surface area contributed by atoms with Gasteiger partial charge in [-0.15, -0.1) is 0 Å². The highest BCUT2D eigenvalue weighted by Crippen LogP contribution is 2.27. The summed E-state index contributed by atoms with van der Waals surface area (Å²) in [6, 6.07) is 10.7. The second-order valence-electron chi connectivity index (χ2n) is 4.86. The number of fused-ring (bicyclic) bond motifs is 1. The van der Waals surface area contributed by atoms with Crippen molar-refractivity contribution < 1.29 is 0 Å². The quantitative estimate of drug-likeness (QED) is 0.794. The molecule has 0 bridgehead atoms. The summed E-state index contributed by atoms with van der Waals surface area (Å²) in [5, 5.41) is 3.43. The first kappa shape index (κ1) is 11.8. The van der Waals surface area contributed by atoms with E-state index < -0.39 is 0 Å². The first-order valence-corrected chi connectivity index (χ1v) is 6.58. The maximum absolute atomic E-state index is 4.24. The summed E-state index contributed by atoms with van der Waals surface area (Å²) >= 11 is 0. The summed E-state index contributed by atoms with van der Waals surface area (Å²) in [5.41, 5.74) is 3.55. The fourth-order valence-corrected chi connectivity index (χ4v) is 2.52. The summed E-state index contributed by atoms with van der Waals surface area (Å²) in [6.45, 7) is 4.24. The normalized spacial score (nSPS) is 29.5. The maximum atomic E-state index is 4.24. The van der Waals surface area contributed by atoms with Crippen molar-refractivity contribution in [2.45, 2.75) is 6.04 Å². The van der Waals surface area contributed by atoms with Gasteiger partial charge in [-0.1, -0.05) is 67.3 Å². The van der Waals surface area contributed by atoms with Crippen LogP contribution in [0.1, 0.15) is 5.56 Å². The zero-order valence-corrected chi connectivity index (χ0v) is 10.8. The molecule has 2 atom stereocenters. The Kier molecular flexibility index (Phi) is 3.20. The summed E-state index contributed by atoms with van der Waals surface area (Å²) < 4.78 is 0. The molecule has 3 rings (SSSR count). The van der Waals surface area contributed by atoms with Gasteiger partial charge in [0.25, 0.3) is 0 Å². The Morgan fingerprint density at radius 3 is 2.63 bits per heavy atom. The van der Waals surface area contributed by atoms with Crippen LogP contribution in [0.2, 0.25) is 0 Å². The van der Waals surface area contributed by atoms with Crippen molar-refractivity contribution in [3.05, 3.63) is 90.7 Å². The van der Waals surface area contributed by atoms with Gasteiger partial charge < -0.3 is 5.32 Å². The second kappa shape index (κ2) is 5.15. The molecule has 1 N–H and O–H groups in total. The highest BCUT2D eigenvalue weighted by atomic mass is 14.9. The van der Waals surface area contributed by atoms with E-state index in [1.807, 2.05) is 12.3 Å². The lowest BCUT2D eigenvalue weighted by atomic mass is 9.86. The molecule has 0 fully saturated rings. The maximum Gasteiger partial charge on any atom is 0.0545 e. The topological polar surface area (TPSA) is 12.0 Å². The Balaban J connectivity index is 1.96. The zero-order chi connectivity index (χ0) is 13.1. The van der Waals surface area contributed by atoms with Crippen LogP contribution >= 0.6 is 0 Å². The van der Waals surface area contributed by atoms with E-state index in [4.69, 9.17) is 0 Å². The van der Waals surface area contributed by atoms with Gasteiger partial charge >= 0.3 is 0 Å². The van der Waals surface area contributed by atoms with E-state index in [2.05, 4.69) is 72.6 Å². The van der Waals surface area contributed by atoms with Crippen LogP contribution in [0.3, 0.4) is 0 Å². The highest BCUT2D eigenvalue weighted by Gasteiger charge is 2.20. The molecule has 19 heavy (non-hydrogen) atoms. The van der Waals surface area contributed by atoms with E-state index in [-0.39, 0.29) is 0 Å². The summed E-state index contributed by atoms with van der Waals surface area (Å²) in [4.78, 5) is 0. The van der Waals surface area contributed by atoms with Crippen LogP contribution in [0.4, 0.5) is 0 Å². The van der Waals surface area contributed by atoms with Crippen LogP contribution < -0.4 is 5.32 Å². The average molecular weight is 247 g/mol. The number of benzene rings is 1. The van der Waals surface area contributed by atoms with Crippen LogP contribution in [0.15, 0.2) is 85.1 Å². The van der Waals surface area contributed by atoms with Crippen molar-refractivity contribution in [3.63, 3.8) is 0 Å². The van der Waals surface area contributed by atoms with E-state index in [1.165, 1.54) is 11.1 Å². The van der Waals surface area contributed by atoms with Crippen molar-refractivity contribution in [3.8, 4) is 0 Å². The Bertz CT molecular complexity index is 587. The largest absolute Gasteiger partial charge is 0.384 e.